The molecule has 2 unspecified atom stereocenters. The zero-order chi connectivity index (χ0) is 13.0. The average molecular weight is 251 g/mol. The maximum Gasteiger partial charge on any atom is 0.0992 e. The molecule has 0 bridgehead atoms. The lowest BCUT2D eigenvalue weighted by Crippen LogP contribution is -2.15. The van der Waals surface area contributed by atoms with Crippen LogP contribution in [0.25, 0.3) is 0 Å². The molecule has 0 spiro atoms. The Labute approximate surface area is 106 Å². The highest BCUT2D eigenvalue weighted by Gasteiger charge is 2.15. The average Bonchev–Trinajstić information content (AvgIpc) is 2.28. The molecular weight excluding hydrogens is 234 g/mol. The Bertz CT molecular complexity index is 424. The van der Waals surface area contributed by atoms with Gasteiger partial charge >= 0.3 is 0 Å². The van der Waals surface area contributed by atoms with E-state index in [2.05, 4.69) is 6.07 Å². The van der Waals surface area contributed by atoms with Crippen molar-refractivity contribution in [3.8, 4) is 6.07 Å². The predicted molar refractivity (Wildman–Crippen MR) is 68.8 cm³/mol. The highest BCUT2D eigenvalue weighted by atomic mass is 32.2. The van der Waals surface area contributed by atoms with Crippen LogP contribution in [0, 0.1) is 11.3 Å². The molecule has 2 N–H and O–H groups in total. The summed E-state index contributed by atoms with van der Waals surface area (Å²) in [5, 5.41) is 28.0. The third-order valence-corrected chi connectivity index (χ3v) is 3.96. The topological polar surface area (TPSA) is 64.2 Å². The van der Waals surface area contributed by atoms with Crippen LogP contribution in [0.2, 0.25) is 0 Å². The third-order valence-electron chi connectivity index (χ3n) is 2.58. The Morgan fingerprint density at radius 1 is 1.24 bits per heavy atom. The van der Waals surface area contributed by atoms with Crippen molar-refractivity contribution in [1.82, 2.24) is 0 Å². The predicted octanol–water partition coefficient (Wildman–Crippen LogP) is 2.47. The van der Waals surface area contributed by atoms with E-state index in [1.165, 1.54) is 11.8 Å². The van der Waals surface area contributed by atoms with Crippen LogP contribution in [0.1, 0.15) is 38.0 Å². The van der Waals surface area contributed by atoms with Crippen molar-refractivity contribution >= 4 is 11.8 Å². The van der Waals surface area contributed by atoms with Crippen molar-refractivity contribution in [2.45, 2.75) is 43.1 Å². The van der Waals surface area contributed by atoms with Gasteiger partial charge in [0, 0.05) is 10.1 Å². The van der Waals surface area contributed by atoms with Crippen molar-refractivity contribution < 1.29 is 10.2 Å². The standard InChI is InChI=1S/C13H17NO2S/c1-8(15)10(3)17-13-6-11(7-14)4-5-12(13)9(2)16/h4-6,8-10,15-16H,1-3H3/t8?,9-,10?/m0/s1. The van der Waals surface area contributed by atoms with Crippen molar-refractivity contribution in [2.75, 3.05) is 0 Å². The molecule has 17 heavy (non-hydrogen) atoms. The molecule has 0 aliphatic carbocycles. The summed E-state index contributed by atoms with van der Waals surface area (Å²) >= 11 is 1.48. The second-order valence-corrected chi connectivity index (χ2v) is 5.52. The van der Waals surface area contributed by atoms with Crippen LogP contribution in [0.5, 0.6) is 0 Å². The second kappa shape index (κ2) is 6.06. The van der Waals surface area contributed by atoms with Gasteiger partial charge in [-0.15, -0.1) is 11.8 Å². The second-order valence-electron chi connectivity index (χ2n) is 4.10. The van der Waals surface area contributed by atoms with E-state index in [4.69, 9.17) is 5.26 Å². The Balaban J connectivity index is 3.06. The van der Waals surface area contributed by atoms with Crippen LogP contribution in [0.3, 0.4) is 0 Å². The molecular formula is C13H17NO2S. The van der Waals surface area contributed by atoms with E-state index in [0.717, 1.165) is 10.5 Å². The van der Waals surface area contributed by atoms with E-state index in [0.29, 0.717) is 5.56 Å². The number of nitrogens with zero attached hydrogens (tertiary/aromatic N) is 1. The van der Waals surface area contributed by atoms with Gasteiger partial charge in [0.15, 0.2) is 0 Å². The van der Waals surface area contributed by atoms with Gasteiger partial charge in [-0.2, -0.15) is 5.26 Å². The summed E-state index contributed by atoms with van der Waals surface area (Å²) in [5.74, 6) is 0. The maximum atomic E-state index is 9.66. The number of aliphatic hydroxyl groups is 2. The molecule has 0 amide bonds. The Kier molecular flexibility index (Phi) is 5.01. The first-order valence-corrected chi connectivity index (χ1v) is 6.40. The zero-order valence-corrected chi connectivity index (χ0v) is 11.0. The molecule has 0 aliphatic heterocycles. The lowest BCUT2D eigenvalue weighted by atomic mass is 10.1. The van der Waals surface area contributed by atoms with Gasteiger partial charge in [0.2, 0.25) is 0 Å². The van der Waals surface area contributed by atoms with Crippen LogP contribution >= 0.6 is 11.8 Å². The number of rotatable bonds is 4. The molecule has 1 rings (SSSR count). The van der Waals surface area contributed by atoms with Gasteiger partial charge in [0.05, 0.1) is 23.8 Å². The quantitative estimate of drug-likeness (QED) is 0.807. The van der Waals surface area contributed by atoms with Gasteiger partial charge in [-0.25, -0.2) is 0 Å². The minimum atomic E-state index is -0.577. The van der Waals surface area contributed by atoms with Crippen molar-refractivity contribution in [3.63, 3.8) is 0 Å². The molecule has 92 valence electrons. The minimum absolute atomic E-state index is 0.0152. The van der Waals surface area contributed by atoms with Crippen molar-refractivity contribution in [2.24, 2.45) is 0 Å². The first kappa shape index (κ1) is 14.0. The fraction of sp³-hybridized carbons (Fsp3) is 0.462. The summed E-state index contributed by atoms with van der Waals surface area (Å²) in [6.07, 6.45) is -1.01. The summed E-state index contributed by atoms with van der Waals surface area (Å²) in [6, 6.07) is 7.29. The minimum Gasteiger partial charge on any atom is -0.392 e. The molecule has 4 heteroatoms. The number of hydrogen-bond acceptors (Lipinski definition) is 4. The number of nitriles is 1. The molecule has 0 heterocycles. The first-order chi connectivity index (χ1) is 7.95. The monoisotopic (exact) mass is 251 g/mol. The normalized spacial score (nSPS) is 16.0. The SMILES string of the molecule is CC(O)C(C)Sc1cc(C#N)ccc1[C@H](C)O. The van der Waals surface area contributed by atoms with Crippen molar-refractivity contribution in [1.29, 1.82) is 5.26 Å². The van der Waals surface area contributed by atoms with Gasteiger partial charge in [-0.3, -0.25) is 0 Å². The Morgan fingerprint density at radius 2 is 1.88 bits per heavy atom. The number of thioether (sulfide) groups is 1. The van der Waals surface area contributed by atoms with E-state index in [1.54, 1.807) is 32.0 Å². The van der Waals surface area contributed by atoms with Gasteiger partial charge < -0.3 is 10.2 Å². The summed E-state index contributed by atoms with van der Waals surface area (Å²) in [4.78, 5) is 0.854. The summed E-state index contributed by atoms with van der Waals surface area (Å²) < 4.78 is 0. The molecule has 0 radical (unpaired) electrons. The molecule has 1 aromatic carbocycles. The highest BCUT2D eigenvalue weighted by molar-refractivity contribution is 8.00. The fourth-order valence-electron chi connectivity index (χ4n) is 1.35. The number of aliphatic hydroxyl groups excluding tert-OH is 2. The number of benzene rings is 1. The Hall–Kier alpha value is -1.02. The van der Waals surface area contributed by atoms with E-state index in [-0.39, 0.29) is 5.25 Å². The maximum absolute atomic E-state index is 9.66. The van der Waals surface area contributed by atoms with E-state index >= 15 is 0 Å². The number of hydrogen-bond donors (Lipinski definition) is 2. The van der Waals surface area contributed by atoms with Crippen LogP contribution in [-0.4, -0.2) is 21.6 Å². The molecule has 3 atom stereocenters. The van der Waals surface area contributed by atoms with Gasteiger partial charge in [-0.05, 0) is 31.5 Å². The van der Waals surface area contributed by atoms with Gasteiger partial charge in [0.25, 0.3) is 0 Å². The lowest BCUT2D eigenvalue weighted by Gasteiger charge is -2.18. The highest BCUT2D eigenvalue weighted by Crippen LogP contribution is 2.32. The molecule has 1 aromatic rings. The van der Waals surface area contributed by atoms with Gasteiger partial charge in [0.1, 0.15) is 0 Å². The summed E-state index contributed by atoms with van der Waals surface area (Å²) in [6.45, 7) is 5.34. The first-order valence-electron chi connectivity index (χ1n) is 5.52. The molecule has 0 saturated heterocycles. The van der Waals surface area contributed by atoms with Crippen molar-refractivity contribution in [3.05, 3.63) is 29.3 Å². The van der Waals surface area contributed by atoms with E-state index < -0.39 is 12.2 Å². The molecule has 3 nitrogen and oxygen atoms in total. The molecule has 0 saturated carbocycles. The lowest BCUT2D eigenvalue weighted by molar-refractivity contribution is 0.193. The largest absolute Gasteiger partial charge is 0.392 e. The van der Waals surface area contributed by atoms with Crippen LogP contribution in [0.15, 0.2) is 23.1 Å². The molecule has 0 aromatic heterocycles. The van der Waals surface area contributed by atoms with E-state index in [1.807, 2.05) is 6.92 Å². The van der Waals surface area contributed by atoms with Crippen LogP contribution < -0.4 is 0 Å². The third kappa shape index (κ3) is 3.74. The van der Waals surface area contributed by atoms with Crippen LogP contribution in [-0.2, 0) is 0 Å². The zero-order valence-electron chi connectivity index (χ0n) is 10.2. The van der Waals surface area contributed by atoms with E-state index in [9.17, 15) is 10.2 Å². The fourth-order valence-corrected chi connectivity index (χ4v) is 2.52. The smallest absolute Gasteiger partial charge is 0.0992 e. The van der Waals surface area contributed by atoms with Crippen LogP contribution in [0.4, 0.5) is 0 Å². The van der Waals surface area contributed by atoms with Gasteiger partial charge in [-0.1, -0.05) is 13.0 Å². The summed E-state index contributed by atoms with van der Waals surface area (Å²) in [7, 11) is 0. The summed E-state index contributed by atoms with van der Waals surface area (Å²) in [5.41, 5.74) is 1.36. The molecule has 0 fully saturated rings. The molecule has 0 aliphatic rings. The Morgan fingerprint density at radius 3 is 2.35 bits per heavy atom.